The van der Waals surface area contributed by atoms with Gasteiger partial charge in [0.15, 0.2) is 0 Å². The summed E-state index contributed by atoms with van der Waals surface area (Å²) in [7, 11) is 0. The fraction of sp³-hybridized carbons (Fsp3) is 0.0667. The normalized spacial score (nSPS) is 9.88. The number of non-ortho nitro benzene ring substituents is 1. The number of nitro benzene ring substituents is 1. The van der Waals surface area contributed by atoms with Crippen LogP contribution in [0.4, 0.5) is 15.8 Å². The lowest BCUT2D eigenvalue weighted by atomic mass is 10.2. The maximum Gasteiger partial charge on any atom is 0.269 e. The van der Waals surface area contributed by atoms with E-state index in [4.69, 9.17) is 0 Å². The number of carbonyl (C=O) groups is 2. The standard InChI is InChI=1S/C15H13FN4O4/c16-11-2-1-3-12(8-11)17-9-14(21)18-19-15(22)10-4-6-13(7-5-10)20(23)24/h1-8,17H,9H2,(H,18,21)(H,19,22). The van der Waals surface area contributed by atoms with Gasteiger partial charge in [0.1, 0.15) is 5.82 Å². The quantitative estimate of drug-likeness (QED) is 0.568. The summed E-state index contributed by atoms with van der Waals surface area (Å²) >= 11 is 0. The Morgan fingerprint density at radius 1 is 1.08 bits per heavy atom. The van der Waals surface area contributed by atoms with E-state index in [0.717, 1.165) is 0 Å². The van der Waals surface area contributed by atoms with E-state index in [2.05, 4.69) is 16.2 Å². The molecule has 24 heavy (non-hydrogen) atoms. The molecule has 2 rings (SSSR count). The number of hydrogen-bond donors (Lipinski definition) is 3. The van der Waals surface area contributed by atoms with Gasteiger partial charge in [-0.2, -0.15) is 0 Å². The van der Waals surface area contributed by atoms with Crippen molar-refractivity contribution in [1.29, 1.82) is 0 Å². The van der Waals surface area contributed by atoms with Gasteiger partial charge in [-0.1, -0.05) is 6.07 Å². The highest BCUT2D eigenvalue weighted by atomic mass is 19.1. The number of nitro groups is 1. The molecule has 0 saturated heterocycles. The number of carbonyl (C=O) groups excluding carboxylic acids is 2. The summed E-state index contributed by atoms with van der Waals surface area (Å²) < 4.78 is 13.0. The van der Waals surface area contributed by atoms with Crippen molar-refractivity contribution in [3.63, 3.8) is 0 Å². The number of nitrogens with one attached hydrogen (secondary N) is 3. The molecule has 124 valence electrons. The lowest BCUT2D eigenvalue weighted by Gasteiger charge is -2.09. The first-order chi connectivity index (χ1) is 11.5. The van der Waals surface area contributed by atoms with Crippen LogP contribution in [0.3, 0.4) is 0 Å². The molecule has 8 nitrogen and oxygen atoms in total. The summed E-state index contributed by atoms with van der Waals surface area (Å²) in [6.45, 7) is -0.177. The second kappa shape index (κ2) is 7.68. The van der Waals surface area contributed by atoms with E-state index in [1.54, 1.807) is 6.07 Å². The van der Waals surface area contributed by atoms with Crippen LogP contribution in [0.15, 0.2) is 48.5 Å². The Morgan fingerprint density at radius 2 is 1.79 bits per heavy atom. The van der Waals surface area contributed by atoms with E-state index < -0.39 is 22.6 Å². The predicted octanol–water partition coefficient (Wildman–Crippen LogP) is 1.61. The summed E-state index contributed by atoms with van der Waals surface area (Å²) in [6.07, 6.45) is 0. The van der Waals surface area contributed by atoms with Crippen LogP contribution in [-0.2, 0) is 4.79 Å². The number of anilines is 1. The Hall–Kier alpha value is -3.49. The van der Waals surface area contributed by atoms with Crippen LogP contribution in [-0.4, -0.2) is 23.3 Å². The van der Waals surface area contributed by atoms with Crippen LogP contribution in [0, 0.1) is 15.9 Å². The van der Waals surface area contributed by atoms with Crippen LogP contribution in [0.2, 0.25) is 0 Å². The molecule has 2 aromatic carbocycles. The monoisotopic (exact) mass is 332 g/mol. The molecule has 0 spiro atoms. The molecule has 0 aliphatic carbocycles. The highest BCUT2D eigenvalue weighted by molar-refractivity contribution is 5.95. The molecular formula is C15H13FN4O4. The summed E-state index contributed by atoms with van der Waals surface area (Å²) in [6, 6.07) is 10.5. The summed E-state index contributed by atoms with van der Waals surface area (Å²) in [5.74, 6) is -1.61. The Balaban J connectivity index is 1.80. The molecular weight excluding hydrogens is 319 g/mol. The molecule has 0 saturated carbocycles. The second-order valence-corrected chi connectivity index (χ2v) is 4.67. The fourth-order valence-electron chi connectivity index (χ4n) is 1.76. The SMILES string of the molecule is O=C(CNc1cccc(F)c1)NNC(=O)c1ccc([N+](=O)[O-])cc1. The third-order valence-corrected chi connectivity index (χ3v) is 2.93. The van der Waals surface area contributed by atoms with Gasteiger partial charge in [-0.3, -0.25) is 30.6 Å². The number of benzene rings is 2. The van der Waals surface area contributed by atoms with Crippen LogP contribution in [0.1, 0.15) is 10.4 Å². The molecule has 0 aliphatic heterocycles. The Bertz CT molecular complexity index is 764. The van der Waals surface area contributed by atoms with Gasteiger partial charge < -0.3 is 5.32 Å². The molecule has 3 N–H and O–H groups in total. The predicted molar refractivity (Wildman–Crippen MR) is 83.6 cm³/mol. The van der Waals surface area contributed by atoms with Gasteiger partial charge in [0.05, 0.1) is 11.5 Å². The zero-order chi connectivity index (χ0) is 17.5. The van der Waals surface area contributed by atoms with Crippen molar-refractivity contribution in [1.82, 2.24) is 10.9 Å². The van der Waals surface area contributed by atoms with E-state index in [-0.39, 0.29) is 17.8 Å². The van der Waals surface area contributed by atoms with Crippen LogP contribution < -0.4 is 16.2 Å². The largest absolute Gasteiger partial charge is 0.376 e. The van der Waals surface area contributed by atoms with Gasteiger partial charge in [0.2, 0.25) is 0 Å². The number of hydrogen-bond acceptors (Lipinski definition) is 5. The van der Waals surface area contributed by atoms with Crippen LogP contribution in [0.25, 0.3) is 0 Å². The first-order valence-corrected chi connectivity index (χ1v) is 6.79. The number of halogens is 1. The molecule has 0 aromatic heterocycles. The Morgan fingerprint density at radius 3 is 2.42 bits per heavy atom. The van der Waals surface area contributed by atoms with E-state index in [1.807, 2.05) is 0 Å². The third-order valence-electron chi connectivity index (χ3n) is 2.93. The maximum absolute atomic E-state index is 13.0. The number of nitrogens with zero attached hydrogens (tertiary/aromatic N) is 1. The smallest absolute Gasteiger partial charge is 0.269 e. The van der Waals surface area contributed by atoms with E-state index in [9.17, 15) is 24.1 Å². The summed E-state index contributed by atoms with van der Waals surface area (Å²) in [5, 5.41) is 13.2. The molecule has 0 atom stereocenters. The molecule has 0 radical (unpaired) electrons. The maximum atomic E-state index is 13.0. The number of hydrazine groups is 1. The molecule has 2 amide bonds. The lowest BCUT2D eigenvalue weighted by molar-refractivity contribution is -0.384. The Labute approximate surface area is 135 Å². The van der Waals surface area contributed by atoms with E-state index >= 15 is 0 Å². The minimum atomic E-state index is -0.621. The first kappa shape index (κ1) is 16.9. The van der Waals surface area contributed by atoms with Gasteiger partial charge in [0, 0.05) is 23.4 Å². The van der Waals surface area contributed by atoms with Gasteiger partial charge in [-0.05, 0) is 30.3 Å². The highest BCUT2D eigenvalue weighted by Crippen LogP contribution is 2.11. The lowest BCUT2D eigenvalue weighted by Crippen LogP contribution is -2.44. The molecule has 0 heterocycles. The first-order valence-electron chi connectivity index (χ1n) is 6.79. The van der Waals surface area contributed by atoms with Crippen molar-refractivity contribution in [3.8, 4) is 0 Å². The minimum Gasteiger partial charge on any atom is -0.376 e. The van der Waals surface area contributed by atoms with Crippen molar-refractivity contribution >= 4 is 23.2 Å². The number of rotatable bonds is 5. The molecule has 9 heteroatoms. The molecule has 0 aliphatic rings. The molecule has 0 unspecified atom stereocenters. The molecule has 2 aromatic rings. The van der Waals surface area contributed by atoms with Crippen LogP contribution in [0.5, 0.6) is 0 Å². The van der Waals surface area contributed by atoms with Crippen LogP contribution >= 0.6 is 0 Å². The zero-order valence-corrected chi connectivity index (χ0v) is 12.3. The fourth-order valence-corrected chi connectivity index (χ4v) is 1.76. The average molecular weight is 332 g/mol. The minimum absolute atomic E-state index is 0.144. The zero-order valence-electron chi connectivity index (χ0n) is 12.3. The second-order valence-electron chi connectivity index (χ2n) is 4.67. The highest BCUT2D eigenvalue weighted by Gasteiger charge is 2.10. The van der Waals surface area contributed by atoms with Crippen molar-refractivity contribution in [2.75, 3.05) is 11.9 Å². The van der Waals surface area contributed by atoms with Gasteiger partial charge in [-0.25, -0.2) is 4.39 Å². The number of amides is 2. The van der Waals surface area contributed by atoms with E-state index in [0.29, 0.717) is 5.69 Å². The summed E-state index contributed by atoms with van der Waals surface area (Å²) in [4.78, 5) is 33.3. The van der Waals surface area contributed by atoms with Crippen molar-refractivity contribution in [3.05, 3.63) is 70.0 Å². The van der Waals surface area contributed by atoms with Gasteiger partial charge >= 0.3 is 0 Å². The summed E-state index contributed by atoms with van der Waals surface area (Å²) in [5.41, 5.74) is 4.78. The Kier molecular flexibility index (Phi) is 5.40. The van der Waals surface area contributed by atoms with Gasteiger partial charge in [0.25, 0.3) is 17.5 Å². The van der Waals surface area contributed by atoms with Gasteiger partial charge in [-0.15, -0.1) is 0 Å². The molecule has 0 bridgehead atoms. The average Bonchev–Trinajstić information content (AvgIpc) is 2.58. The molecule has 0 fully saturated rings. The third kappa shape index (κ3) is 4.77. The van der Waals surface area contributed by atoms with E-state index in [1.165, 1.54) is 42.5 Å². The van der Waals surface area contributed by atoms with Crippen molar-refractivity contribution in [2.45, 2.75) is 0 Å². The van der Waals surface area contributed by atoms with Crippen molar-refractivity contribution in [2.24, 2.45) is 0 Å². The topological polar surface area (TPSA) is 113 Å². The van der Waals surface area contributed by atoms with Crippen molar-refractivity contribution < 1.29 is 18.9 Å².